The molecule has 0 aliphatic rings. The van der Waals surface area contributed by atoms with Crippen LogP contribution in [0.1, 0.15) is 32.4 Å². The molecule has 0 aliphatic carbocycles. The van der Waals surface area contributed by atoms with Crippen molar-refractivity contribution in [3.8, 4) is 0 Å². The highest BCUT2D eigenvalue weighted by Crippen LogP contribution is 2.07. The van der Waals surface area contributed by atoms with Gasteiger partial charge in [0, 0.05) is 6.20 Å². The zero-order valence-corrected chi connectivity index (χ0v) is 7.30. The SMILES string of the molecule is CC(C)CCCc1cc[nH]n1. The summed E-state index contributed by atoms with van der Waals surface area (Å²) in [5.41, 5.74) is 1.19. The highest BCUT2D eigenvalue weighted by atomic mass is 15.1. The first-order valence-corrected chi connectivity index (χ1v) is 4.27. The van der Waals surface area contributed by atoms with E-state index >= 15 is 0 Å². The van der Waals surface area contributed by atoms with E-state index in [1.807, 2.05) is 12.3 Å². The number of nitrogens with one attached hydrogen (secondary N) is 1. The van der Waals surface area contributed by atoms with Gasteiger partial charge in [0.25, 0.3) is 0 Å². The average molecular weight is 152 g/mol. The molecule has 0 aliphatic heterocycles. The zero-order chi connectivity index (χ0) is 8.10. The third-order valence-electron chi connectivity index (χ3n) is 1.77. The predicted molar refractivity (Wildman–Crippen MR) is 46.4 cm³/mol. The number of hydrogen-bond acceptors (Lipinski definition) is 1. The van der Waals surface area contributed by atoms with Gasteiger partial charge in [-0.15, -0.1) is 0 Å². The molecule has 1 rings (SSSR count). The lowest BCUT2D eigenvalue weighted by Crippen LogP contribution is -1.90. The number of hydrogen-bond donors (Lipinski definition) is 1. The monoisotopic (exact) mass is 152 g/mol. The van der Waals surface area contributed by atoms with Crippen LogP contribution in [0, 0.1) is 5.92 Å². The molecule has 0 unspecified atom stereocenters. The molecule has 0 aromatic carbocycles. The van der Waals surface area contributed by atoms with E-state index in [0.29, 0.717) is 0 Å². The standard InChI is InChI=1S/C9H16N2/c1-8(2)4-3-5-9-6-7-10-11-9/h6-8H,3-5H2,1-2H3,(H,10,11). The van der Waals surface area contributed by atoms with Crippen molar-refractivity contribution in [3.05, 3.63) is 18.0 Å². The van der Waals surface area contributed by atoms with E-state index in [0.717, 1.165) is 12.3 Å². The van der Waals surface area contributed by atoms with Crippen molar-refractivity contribution in [1.29, 1.82) is 0 Å². The lowest BCUT2D eigenvalue weighted by atomic mass is 10.1. The Balaban J connectivity index is 2.14. The minimum absolute atomic E-state index is 0.814. The van der Waals surface area contributed by atoms with Crippen molar-refractivity contribution < 1.29 is 0 Å². The van der Waals surface area contributed by atoms with Crippen LogP contribution in [0.2, 0.25) is 0 Å². The topological polar surface area (TPSA) is 28.7 Å². The van der Waals surface area contributed by atoms with E-state index in [-0.39, 0.29) is 0 Å². The second-order valence-corrected chi connectivity index (χ2v) is 3.35. The number of H-pyrrole nitrogens is 1. The van der Waals surface area contributed by atoms with Crippen LogP contribution >= 0.6 is 0 Å². The number of aryl methyl sites for hydroxylation is 1. The molecule has 1 N–H and O–H groups in total. The molecule has 1 aromatic rings. The van der Waals surface area contributed by atoms with Gasteiger partial charge in [0.2, 0.25) is 0 Å². The maximum Gasteiger partial charge on any atom is 0.0622 e. The average Bonchev–Trinajstić information content (AvgIpc) is 2.39. The second kappa shape index (κ2) is 4.16. The Morgan fingerprint density at radius 2 is 2.36 bits per heavy atom. The minimum Gasteiger partial charge on any atom is -0.285 e. The molecule has 2 heteroatoms. The van der Waals surface area contributed by atoms with Crippen LogP contribution in [0.3, 0.4) is 0 Å². The fraction of sp³-hybridized carbons (Fsp3) is 0.667. The number of aromatic amines is 1. The maximum atomic E-state index is 4.09. The summed E-state index contributed by atoms with van der Waals surface area (Å²) in [6.45, 7) is 4.51. The fourth-order valence-electron chi connectivity index (χ4n) is 1.12. The molecule has 1 heterocycles. The Hall–Kier alpha value is -0.790. The molecule has 0 saturated carbocycles. The first kappa shape index (κ1) is 8.31. The molecule has 0 fully saturated rings. The molecule has 0 radical (unpaired) electrons. The van der Waals surface area contributed by atoms with Crippen molar-refractivity contribution in [3.63, 3.8) is 0 Å². The summed E-state index contributed by atoms with van der Waals surface area (Å²) < 4.78 is 0. The van der Waals surface area contributed by atoms with Crippen LogP contribution in [0.5, 0.6) is 0 Å². The Labute approximate surface area is 68.0 Å². The van der Waals surface area contributed by atoms with Gasteiger partial charge in [0.05, 0.1) is 5.69 Å². The van der Waals surface area contributed by atoms with Crippen LogP contribution in [0.15, 0.2) is 12.3 Å². The molecular weight excluding hydrogens is 136 g/mol. The first-order chi connectivity index (χ1) is 5.29. The summed E-state index contributed by atoms with van der Waals surface area (Å²) in [7, 11) is 0. The third kappa shape index (κ3) is 3.21. The number of aromatic nitrogens is 2. The molecule has 11 heavy (non-hydrogen) atoms. The van der Waals surface area contributed by atoms with Gasteiger partial charge in [-0.3, -0.25) is 5.10 Å². The first-order valence-electron chi connectivity index (χ1n) is 4.27. The van der Waals surface area contributed by atoms with E-state index < -0.39 is 0 Å². The van der Waals surface area contributed by atoms with Gasteiger partial charge >= 0.3 is 0 Å². The number of nitrogens with zero attached hydrogens (tertiary/aromatic N) is 1. The van der Waals surface area contributed by atoms with Crippen LogP contribution in [0.4, 0.5) is 0 Å². The Morgan fingerprint density at radius 1 is 1.55 bits per heavy atom. The quantitative estimate of drug-likeness (QED) is 0.705. The largest absolute Gasteiger partial charge is 0.285 e. The molecule has 0 spiro atoms. The van der Waals surface area contributed by atoms with Gasteiger partial charge in [0.15, 0.2) is 0 Å². The van der Waals surface area contributed by atoms with Crippen LogP contribution in [-0.4, -0.2) is 10.2 Å². The molecule has 0 atom stereocenters. The Kier molecular flexibility index (Phi) is 3.14. The highest BCUT2D eigenvalue weighted by molar-refractivity contribution is 4.96. The van der Waals surface area contributed by atoms with E-state index in [1.165, 1.54) is 18.5 Å². The van der Waals surface area contributed by atoms with Gasteiger partial charge < -0.3 is 0 Å². The van der Waals surface area contributed by atoms with Gasteiger partial charge in [0.1, 0.15) is 0 Å². The maximum absolute atomic E-state index is 4.09. The lowest BCUT2D eigenvalue weighted by molar-refractivity contribution is 0.553. The number of rotatable bonds is 4. The molecule has 0 amide bonds. The molecular formula is C9H16N2. The molecule has 0 bridgehead atoms. The predicted octanol–water partition coefficient (Wildman–Crippen LogP) is 2.39. The van der Waals surface area contributed by atoms with Crippen molar-refractivity contribution in [2.45, 2.75) is 33.1 Å². The summed E-state index contributed by atoms with van der Waals surface area (Å²) in [5.74, 6) is 0.814. The van der Waals surface area contributed by atoms with E-state index in [4.69, 9.17) is 0 Å². The van der Waals surface area contributed by atoms with Gasteiger partial charge in [-0.25, -0.2) is 0 Å². The zero-order valence-electron chi connectivity index (χ0n) is 7.30. The van der Waals surface area contributed by atoms with E-state index in [2.05, 4.69) is 24.0 Å². The third-order valence-corrected chi connectivity index (χ3v) is 1.77. The highest BCUT2D eigenvalue weighted by Gasteiger charge is 1.96. The summed E-state index contributed by atoms with van der Waals surface area (Å²) in [5, 5.41) is 6.91. The van der Waals surface area contributed by atoms with Crippen molar-refractivity contribution in [1.82, 2.24) is 10.2 Å². The van der Waals surface area contributed by atoms with Crippen molar-refractivity contribution >= 4 is 0 Å². The van der Waals surface area contributed by atoms with Gasteiger partial charge in [-0.2, -0.15) is 5.10 Å². The molecule has 62 valence electrons. The van der Waals surface area contributed by atoms with Crippen LogP contribution in [0.25, 0.3) is 0 Å². The van der Waals surface area contributed by atoms with Crippen LogP contribution < -0.4 is 0 Å². The van der Waals surface area contributed by atoms with Crippen molar-refractivity contribution in [2.24, 2.45) is 5.92 Å². The summed E-state index contributed by atoms with van der Waals surface area (Å²) >= 11 is 0. The smallest absolute Gasteiger partial charge is 0.0622 e. The Morgan fingerprint density at radius 3 is 2.91 bits per heavy atom. The van der Waals surface area contributed by atoms with E-state index in [9.17, 15) is 0 Å². The fourth-order valence-corrected chi connectivity index (χ4v) is 1.12. The van der Waals surface area contributed by atoms with Crippen LogP contribution in [-0.2, 0) is 6.42 Å². The van der Waals surface area contributed by atoms with Crippen molar-refractivity contribution in [2.75, 3.05) is 0 Å². The molecule has 1 aromatic heterocycles. The minimum atomic E-state index is 0.814. The van der Waals surface area contributed by atoms with Gasteiger partial charge in [-0.05, 0) is 24.8 Å². The second-order valence-electron chi connectivity index (χ2n) is 3.35. The summed E-state index contributed by atoms with van der Waals surface area (Å²) in [6, 6.07) is 2.04. The summed E-state index contributed by atoms with van der Waals surface area (Å²) in [6.07, 6.45) is 5.54. The summed E-state index contributed by atoms with van der Waals surface area (Å²) in [4.78, 5) is 0. The normalized spacial score (nSPS) is 10.8. The lowest BCUT2D eigenvalue weighted by Gasteiger charge is -2.01. The molecule has 2 nitrogen and oxygen atoms in total. The van der Waals surface area contributed by atoms with Gasteiger partial charge in [-0.1, -0.05) is 20.3 Å². The Bertz CT molecular complexity index is 177. The molecule has 0 saturated heterocycles. The van der Waals surface area contributed by atoms with E-state index in [1.54, 1.807) is 0 Å².